The molecule has 2 rings (SSSR count). The van der Waals surface area contributed by atoms with Crippen molar-refractivity contribution in [3.63, 3.8) is 0 Å². The van der Waals surface area contributed by atoms with Crippen molar-refractivity contribution >= 4 is 0 Å². The maximum atomic E-state index is 12.7. The highest BCUT2D eigenvalue weighted by atomic mass is 19.1. The number of aryl methyl sites for hydroxylation is 1. The molecule has 0 spiro atoms. The molecule has 4 heteroatoms. The van der Waals surface area contributed by atoms with Crippen molar-refractivity contribution in [2.45, 2.75) is 26.2 Å². The monoisotopic (exact) mass is 234 g/mol. The zero-order valence-corrected chi connectivity index (χ0v) is 9.70. The lowest BCUT2D eigenvalue weighted by Crippen LogP contribution is -1.91. The van der Waals surface area contributed by atoms with E-state index in [0.29, 0.717) is 12.2 Å². The normalized spacial score (nSPS) is 10.7. The van der Waals surface area contributed by atoms with E-state index < -0.39 is 0 Å². The van der Waals surface area contributed by atoms with Gasteiger partial charge in [-0.05, 0) is 24.1 Å². The average molecular weight is 234 g/mol. The van der Waals surface area contributed by atoms with Gasteiger partial charge in [-0.25, -0.2) is 4.39 Å². The second kappa shape index (κ2) is 4.99. The summed E-state index contributed by atoms with van der Waals surface area (Å²) < 4.78 is 12.7. The molecule has 0 saturated carbocycles. The average Bonchev–Trinajstić information content (AvgIpc) is 2.63. The lowest BCUT2D eigenvalue weighted by Gasteiger charge is -1.97. The van der Waals surface area contributed by atoms with Gasteiger partial charge >= 0.3 is 0 Å². The Morgan fingerprint density at radius 2 is 2.00 bits per heavy atom. The molecule has 0 aliphatic carbocycles. The Labute approximate surface area is 99.3 Å². The van der Waals surface area contributed by atoms with Crippen molar-refractivity contribution < 1.29 is 9.50 Å². The molecule has 1 aromatic carbocycles. The van der Waals surface area contributed by atoms with Crippen molar-refractivity contribution in [1.29, 1.82) is 0 Å². The van der Waals surface area contributed by atoms with E-state index in [1.165, 1.54) is 12.1 Å². The number of hydrogen-bond acceptors (Lipinski definition) is 2. The molecule has 1 heterocycles. The fourth-order valence-corrected chi connectivity index (χ4v) is 1.76. The number of aromatic hydroxyl groups is 1. The van der Waals surface area contributed by atoms with Crippen LogP contribution < -0.4 is 0 Å². The molecule has 2 N–H and O–H groups in total. The molecule has 90 valence electrons. The summed E-state index contributed by atoms with van der Waals surface area (Å²) in [6, 6.07) is 6.28. The summed E-state index contributed by atoms with van der Waals surface area (Å²) in [5.74, 6) is 0.532. The summed E-state index contributed by atoms with van der Waals surface area (Å²) >= 11 is 0. The van der Waals surface area contributed by atoms with Crippen LogP contribution in [-0.2, 0) is 12.8 Å². The van der Waals surface area contributed by atoms with E-state index >= 15 is 0 Å². The van der Waals surface area contributed by atoms with Crippen LogP contribution in [0.4, 0.5) is 4.39 Å². The number of aromatic nitrogens is 2. The Bertz CT molecular complexity index is 491. The zero-order chi connectivity index (χ0) is 12.3. The number of halogens is 1. The molecule has 3 nitrogen and oxygen atoms in total. The first kappa shape index (κ1) is 11.6. The number of nitrogens with zero attached hydrogens (tertiary/aromatic N) is 1. The van der Waals surface area contributed by atoms with Crippen LogP contribution in [0.15, 0.2) is 24.3 Å². The first-order valence-corrected chi connectivity index (χ1v) is 5.70. The molecule has 0 aliphatic rings. The molecular weight excluding hydrogens is 219 g/mol. The van der Waals surface area contributed by atoms with E-state index in [1.807, 2.05) is 6.92 Å². The van der Waals surface area contributed by atoms with Crippen molar-refractivity contribution in [3.05, 3.63) is 47.2 Å². The van der Waals surface area contributed by atoms with Gasteiger partial charge in [0.2, 0.25) is 5.88 Å². The van der Waals surface area contributed by atoms with Gasteiger partial charge in [0.25, 0.3) is 0 Å². The maximum absolute atomic E-state index is 12.7. The molecule has 0 unspecified atom stereocenters. The van der Waals surface area contributed by atoms with Gasteiger partial charge in [0.15, 0.2) is 0 Å². The fourth-order valence-electron chi connectivity index (χ4n) is 1.76. The molecular formula is C13H15FN2O. The summed E-state index contributed by atoms with van der Waals surface area (Å²) in [4.78, 5) is 7.14. The lowest BCUT2D eigenvalue weighted by atomic mass is 10.1. The van der Waals surface area contributed by atoms with Gasteiger partial charge < -0.3 is 10.1 Å². The van der Waals surface area contributed by atoms with E-state index in [1.54, 1.807) is 12.1 Å². The molecule has 0 fully saturated rings. The summed E-state index contributed by atoms with van der Waals surface area (Å²) in [7, 11) is 0. The van der Waals surface area contributed by atoms with Gasteiger partial charge in [-0.1, -0.05) is 25.5 Å². The summed E-state index contributed by atoms with van der Waals surface area (Å²) in [6.45, 7) is 2.04. The number of benzene rings is 1. The highest BCUT2D eigenvalue weighted by Crippen LogP contribution is 2.17. The van der Waals surface area contributed by atoms with Crippen LogP contribution in [0, 0.1) is 5.82 Å². The number of hydrogen-bond donors (Lipinski definition) is 2. The number of nitrogens with one attached hydrogen (secondary N) is 1. The van der Waals surface area contributed by atoms with Crippen LogP contribution in [0.2, 0.25) is 0 Å². The Balaban J connectivity index is 2.13. The lowest BCUT2D eigenvalue weighted by molar-refractivity contribution is 0.448. The van der Waals surface area contributed by atoms with E-state index in [9.17, 15) is 9.50 Å². The largest absolute Gasteiger partial charge is 0.492 e. The summed E-state index contributed by atoms with van der Waals surface area (Å²) in [5.41, 5.74) is 1.73. The molecule has 1 aromatic heterocycles. The van der Waals surface area contributed by atoms with E-state index in [0.717, 1.165) is 24.1 Å². The third-order valence-electron chi connectivity index (χ3n) is 2.59. The molecule has 0 aliphatic heterocycles. The molecule has 0 amide bonds. The molecule has 0 saturated heterocycles. The van der Waals surface area contributed by atoms with E-state index in [4.69, 9.17) is 0 Å². The third kappa shape index (κ3) is 2.84. The first-order chi connectivity index (χ1) is 8.19. The zero-order valence-electron chi connectivity index (χ0n) is 9.70. The van der Waals surface area contributed by atoms with Crippen molar-refractivity contribution in [2.24, 2.45) is 0 Å². The molecule has 0 radical (unpaired) electrons. The van der Waals surface area contributed by atoms with Crippen LogP contribution in [0.3, 0.4) is 0 Å². The smallest absolute Gasteiger partial charge is 0.232 e. The minimum absolute atomic E-state index is 0.0731. The Hall–Kier alpha value is -1.84. The van der Waals surface area contributed by atoms with Crippen molar-refractivity contribution in [3.8, 4) is 5.88 Å². The Kier molecular flexibility index (Phi) is 3.42. The van der Waals surface area contributed by atoms with Crippen LogP contribution >= 0.6 is 0 Å². The van der Waals surface area contributed by atoms with Gasteiger partial charge in [0.05, 0.1) is 5.69 Å². The molecule has 17 heavy (non-hydrogen) atoms. The van der Waals surface area contributed by atoms with Crippen LogP contribution in [0.1, 0.15) is 30.4 Å². The van der Waals surface area contributed by atoms with Gasteiger partial charge in [0, 0.05) is 6.42 Å². The van der Waals surface area contributed by atoms with Crippen molar-refractivity contribution in [1.82, 2.24) is 9.97 Å². The molecule has 2 aromatic rings. The van der Waals surface area contributed by atoms with Gasteiger partial charge in [0.1, 0.15) is 11.6 Å². The number of imidazole rings is 1. The number of H-pyrrole nitrogens is 1. The second-order valence-electron chi connectivity index (χ2n) is 4.04. The summed E-state index contributed by atoms with van der Waals surface area (Å²) in [6.07, 6.45) is 2.30. The summed E-state index contributed by atoms with van der Waals surface area (Å²) in [5, 5.41) is 9.58. The minimum Gasteiger partial charge on any atom is -0.492 e. The third-order valence-corrected chi connectivity index (χ3v) is 2.59. The Morgan fingerprint density at radius 3 is 2.65 bits per heavy atom. The van der Waals surface area contributed by atoms with Crippen LogP contribution in [0.25, 0.3) is 0 Å². The first-order valence-electron chi connectivity index (χ1n) is 5.70. The predicted molar refractivity (Wildman–Crippen MR) is 63.5 cm³/mol. The van der Waals surface area contributed by atoms with Gasteiger partial charge in [-0.3, -0.25) is 0 Å². The highest BCUT2D eigenvalue weighted by Gasteiger charge is 2.08. The van der Waals surface area contributed by atoms with Gasteiger partial charge in [-0.15, -0.1) is 0 Å². The highest BCUT2D eigenvalue weighted by molar-refractivity contribution is 5.25. The standard InChI is InChI=1S/C13H15FN2O/c1-2-3-11-13(17)16-12(15-11)8-9-4-6-10(14)7-5-9/h4-7,17H,2-3,8H2,1H3,(H,15,16). The molecule has 0 bridgehead atoms. The minimum atomic E-state index is -0.247. The van der Waals surface area contributed by atoms with E-state index in [2.05, 4.69) is 9.97 Å². The predicted octanol–water partition coefficient (Wildman–Crippen LogP) is 2.80. The number of rotatable bonds is 4. The quantitative estimate of drug-likeness (QED) is 0.854. The van der Waals surface area contributed by atoms with Crippen molar-refractivity contribution in [2.75, 3.05) is 0 Å². The van der Waals surface area contributed by atoms with Crippen LogP contribution in [-0.4, -0.2) is 15.1 Å². The Morgan fingerprint density at radius 1 is 1.29 bits per heavy atom. The maximum Gasteiger partial charge on any atom is 0.232 e. The fraction of sp³-hybridized carbons (Fsp3) is 0.308. The topological polar surface area (TPSA) is 48.9 Å². The van der Waals surface area contributed by atoms with E-state index in [-0.39, 0.29) is 11.7 Å². The second-order valence-corrected chi connectivity index (χ2v) is 4.04. The van der Waals surface area contributed by atoms with Gasteiger partial charge in [-0.2, -0.15) is 4.98 Å². The SMILES string of the molecule is CCCc1[nH]c(Cc2ccc(F)cc2)nc1O. The number of aromatic amines is 1. The molecule has 0 atom stereocenters. The van der Waals surface area contributed by atoms with Crippen LogP contribution in [0.5, 0.6) is 5.88 Å².